The molecule has 0 rings (SSSR count). The first-order valence-corrected chi connectivity index (χ1v) is 37.1. The molecular weight excluding hydrogens is 1030 g/mol. The van der Waals surface area contributed by atoms with Crippen LogP contribution in [0.15, 0.2) is 85.1 Å². The zero-order valence-electron chi connectivity index (χ0n) is 56.2. The first kappa shape index (κ1) is 81.1. The molecule has 0 amide bonds. The molecule has 0 saturated carbocycles. The van der Waals surface area contributed by atoms with E-state index in [1.54, 1.807) is 0 Å². The number of hydrogen-bond acceptors (Lipinski definition) is 5. The van der Waals surface area contributed by atoms with Crippen molar-refractivity contribution in [2.24, 2.45) is 0 Å². The summed E-state index contributed by atoms with van der Waals surface area (Å²) in [6.07, 6.45) is 105. The first-order valence-electron chi connectivity index (χ1n) is 37.1. The summed E-state index contributed by atoms with van der Waals surface area (Å²) in [5.74, 6) is -0.572. The molecule has 0 radical (unpaired) electrons. The summed E-state index contributed by atoms with van der Waals surface area (Å²) in [5.41, 5.74) is 0. The van der Waals surface area contributed by atoms with Crippen LogP contribution in [0.4, 0.5) is 0 Å². The highest BCUT2D eigenvalue weighted by molar-refractivity contribution is 5.70. The molecule has 84 heavy (non-hydrogen) atoms. The van der Waals surface area contributed by atoms with Crippen molar-refractivity contribution < 1.29 is 24.2 Å². The number of ether oxygens (including phenoxy) is 2. The van der Waals surface area contributed by atoms with Gasteiger partial charge < -0.3 is 14.6 Å². The van der Waals surface area contributed by atoms with Gasteiger partial charge in [0.25, 0.3) is 0 Å². The maximum absolute atomic E-state index is 12.4. The van der Waals surface area contributed by atoms with Crippen molar-refractivity contribution in [3.05, 3.63) is 85.1 Å². The average molecular weight is 1170 g/mol. The largest absolute Gasteiger partial charge is 0.462 e. The van der Waals surface area contributed by atoms with Crippen LogP contribution in [-0.2, 0) is 19.1 Å². The van der Waals surface area contributed by atoms with Gasteiger partial charge in [-0.05, 0) is 70.6 Å². The average Bonchev–Trinajstić information content (AvgIpc) is 3.51. The Morgan fingerprint density at radius 3 is 0.774 bits per heavy atom. The van der Waals surface area contributed by atoms with Crippen molar-refractivity contribution in [3.63, 3.8) is 0 Å². The highest BCUT2D eigenvalue weighted by Gasteiger charge is 2.16. The van der Waals surface area contributed by atoms with E-state index in [1.165, 1.54) is 276 Å². The number of allylic oxidation sites excluding steroid dienone is 14. The van der Waals surface area contributed by atoms with Crippen molar-refractivity contribution in [2.45, 2.75) is 392 Å². The number of aliphatic hydroxyl groups excluding tert-OH is 1. The molecule has 488 valence electrons. The first-order chi connectivity index (χ1) is 41.6. The second-order valence-corrected chi connectivity index (χ2v) is 25.0. The number of carbonyl (C=O) groups excluding carboxylic acids is 2. The van der Waals surface area contributed by atoms with Crippen molar-refractivity contribution in [2.75, 3.05) is 13.2 Å². The number of carbonyl (C=O) groups is 2. The van der Waals surface area contributed by atoms with E-state index in [1.807, 2.05) is 0 Å². The second kappa shape index (κ2) is 74.3. The van der Waals surface area contributed by atoms with Crippen molar-refractivity contribution in [1.29, 1.82) is 0 Å². The van der Waals surface area contributed by atoms with Gasteiger partial charge >= 0.3 is 11.9 Å². The predicted octanol–water partition coefficient (Wildman–Crippen LogP) is 26.0. The van der Waals surface area contributed by atoms with Gasteiger partial charge in [-0.3, -0.25) is 9.59 Å². The maximum Gasteiger partial charge on any atom is 0.306 e. The molecule has 0 fully saturated rings. The van der Waals surface area contributed by atoms with Crippen LogP contribution in [0.2, 0.25) is 0 Å². The van der Waals surface area contributed by atoms with Gasteiger partial charge in [0.2, 0.25) is 0 Å². The number of unbranched alkanes of at least 4 members (excludes halogenated alkanes) is 47. The summed E-state index contributed by atoms with van der Waals surface area (Å²) in [4.78, 5) is 24.7. The highest BCUT2D eigenvalue weighted by Crippen LogP contribution is 2.19. The van der Waals surface area contributed by atoms with Gasteiger partial charge in [0.1, 0.15) is 6.61 Å². The van der Waals surface area contributed by atoms with Crippen molar-refractivity contribution in [3.8, 4) is 0 Å². The Hall–Kier alpha value is -2.92. The van der Waals surface area contributed by atoms with Crippen LogP contribution in [0, 0.1) is 0 Å². The van der Waals surface area contributed by atoms with E-state index in [0.717, 1.165) is 83.5 Å². The van der Waals surface area contributed by atoms with Crippen molar-refractivity contribution in [1.82, 2.24) is 0 Å². The Morgan fingerprint density at radius 2 is 0.512 bits per heavy atom. The van der Waals surface area contributed by atoms with E-state index in [-0.39, 0.29) is 25.2 Å². The molecule has 0 aromatic rings. The van der Waals surface area contributed by atoms with E-state index >= 15 is 0 Å². The summed E-state index contributed by atoms with van der Waals surface area (Å²) in [6, 6.07) is 0. The summed E-state index contributed by atoms with van der Waals surface area (Å²) in [5, 5.41) is 9.72. The van der Waals surface area contributed by atoms with E-state index in [4.69, 9.17) is 9.47 Å². The molecule has 1 N–H and O–H groups in total. The van der Waals surface area contributed by atoms with Crippen LogP contribution in [-0.4, -0.2) is 36.4 Å². The summed E-state index contributed by atoms with van der Waals surface area (Å²) < 4.78 is 10.8. The second-order valence-electron chi connectivity index (χ2n) is 25.0. The molecule has 0 saturated heterocycles. The summed E-state index contributed by atoms with van der Waals surface area (Å²) in [7, 11) is 0. The SMILES string of the molecule is CC/C=C\C/C=C\C/C=C\C/C=C\C/C=C\C/C=C\C/C=C\CCCCCCCCCCCCCCCCCC(=O)OC(CO)COC(=O)CCCCCCCCCCCCCCCCCCCCCCCCCCCCCCCCCCC. The van der Waals surface area contributed by atoms with Gasteiger partial charge in [-0.1, -0.05) is 388 Å². The molecule has 0 aromatic carbocycles. The lowest BCUT2D eigenvalue weighted by Crippen LogP contribution is -2.28. The number of hydrogen-bond donors (Lipinski definition) is 1. The van der Waals surface area contributed by atoms with Crippen LogP contribution in [0.1, 0.15) is 386 Å². The molecule has 0 aliphatic heterocycles. The van der Waals surface area contributed by atoms with Crippen LogP contribution in [0.3, 0.4) is 0 Å². The Kier molecular flexibility index (Phi) is 71.7. The predicted molar refractivity (Wildman–Crippen MR) is 371 cm³/mol. The fraction of sp³-hybridized carbons (Fsp3) is 0.797. The third-order valence-electron chi connectivity index (χ3n) is 16.7. The quantitative estimate of drug-likeness (QED) is 0.0373. The summed E-state index contributed by atoms with van der Waals surface area (Å²) >= 11 is 0. The number of rotatable bonds is 69. The standard InChI is InChI=1S/C79H142O5/c1-3-5-7-9-11-13-15-17-19-21-23-25-27-29-31-33-35-37-38-39-40-42-44-46-48-50-52-54-56-58-60-62-64-66-68-70-72-74-79(82)84-77(75-80)76-83-78(81)73-71-69-67-65-63-61-59-57-55-53-51-49-47-45-43-41-36-34-32-30-28-26-24-22-20-18-16-14-12-10-8-6-4-2/h5,7,11,13,17,19,23,25,29,31,35,37,39-40,77,80H,3-4,6,8-10,12,14-16,18,20-22,24,26-28,30,32-34,36,38,41-76H2,1-2H3/b7-5-,13-11-,19-17-,25-23-,31-29-,37-35-,40-39-. The summed E-state index contributed by atoms with van der Waals surface area (Å²) in [6.45, 7) is 4.08. The molecule has 1 unspecified atom stereocenters. The van der Waals surface area contributed by atoms with Crippen LogP contribution in [0.25, 0.3) is 0 Å². The fourth-order valence-electron chi connectivity index (χ4n) is 11.2. The normalized spacial score (nSPS) is 12.7. The third-order valence-corrected chi connectivity index (χ3v) is 16.7. The Labute approximate surface area is 524 Å². The molecular formula is C79H142O5. The molecule has 0 heterocycles. The van der Waals surface area contributed by atoms with Crippen LogP contribution >= 0.6 is 0 Å². The van der Waals surface area contributed by atoms with E-state index in [0.29, 0.717) is 12.8 Å². The molecule has 5 nitrogen and oxygen atoms in total. The molecule has 0 aliphatic rings. The molecule has 0 spiro atoms. The van der Waals surface area contributed by atoms with Gasteiger partial charge in [0.05, 0.1) is 6.61 Å². The van der Waals surface area contributed by atoms with E-state index < -0.39 is 6.10 Å². The lowest BCUT2D eigenvalue weighted by Gasteiger charge is -2.15. The minimum absolute atomic E-state index is 0.0630. The lowest BCUT2D eigenvalue weighted by molar-refractivity contribution is -0.161. The van der Waals surface area contributed by atoms with Gasteiger partial charge in [0.15, 0.2) is 6.10 Å². The Balaban J connectivity index is 3.42. The van der Waals surface area contributed by atoms with Crippen LogP contribution in [0.5, 0.6) is 0 Å². The number of aliphatic hydroxyl groups is 1. The molecule has 1 atom stereocenters. The minimum atomic E-state index is -0.775. The van der Waals surface area contributed by atoms with E-state index in [9.17, 15) is 14.7 Å². The third kappa shape index (κ3) is 71.6. The zero-order chi connectivity index (χ0) is 60.5. The van der Waals surface area contributed by atoms with Gasteiger partial charge in [0, 0.05) is 12.8 Å². The topological polar surface area (TPSA) is 72.8 Å². The van der Waals surface area contributed by atoms with Crippen molar-refractivity contribution >= 4 is 11.9 Å². The Morgan fingerprint density at radius 1 is 0.286 bits per heavy atom. The van der Waals surface area contributed by atoms with E-state index in [2.05, 4.69) is 98.9 Å². The van der Waals surface area contributed by atoms with Gasteiger partial charge in [-0.25, -0.2) is 0 Å². The smallest absolute Gasteiger partial charge is 0.306 e. The Bertz CT molecular complexity index is 1520. The molecule has 0 bridgehead atoms. The fourth-order valence-corrected chi connectivity index (χ4v) is 11.2. The van der Waals surface area contributed by atoms with Gasteiger partial charge in [-0.15, -0.1) is 0 Å². The highest BCUT2D eigenvalue weighted by atomic mass is 16.6. The van der Waals surface area contributed by atoms with Gasteiger partial charge in [-0.2, -0.15) is 0 Å². The monoisotopic (exact) mass is 1170 g/mol. The molecule has 0 aliphatic carbocycles. The van der Waals surface area contributed by atoms with Crippen LogP contribution < -0.4 is 0 Å². The number of esters is 2. The molecule has 5 heteroatoms. The maximum atomic E-state index is 12.4. The lowest BCUT2D eigenvalue weighted by atomic mass is 10.0. The minimum Gasteiger partial charge on any atom is -0.462 e. The zero-order valence-corrected chi connectivity index (χ0v) is 56.2. The molecule has 0 aromatic heterocycles.